The molecule has 1 unspecified atom stereocenters. The summed E-state index contributed by atoms with van der Waals surface area (Å²) in [7, 11) is 0. The summed E-state index contributed by atoms with van der Waals surface area (Å²) < 4.78 is 0. The first-order chi connectivity index (χ1) is 9.76. The van der Waals surface area contributed by atoms with Crippen LogP contribution >= 0.6 is 0 Å². The van der Waals surface area contributed by atoms with E-state index in [1.165, 1.54) is 6.42 Å². The second-order valence-electron chi connectivity index (χ2n) is 5.40. The number of anilines is 1. The van der Waals surface area contributed by atoms with Crippen LogP contribution in [0.25, 0.3) is 0 Å². The molecule has 4 nitrogen and oxygen atoms in total. The highest BCUT2D eigenvalue weighted by Crippen LogP contribution is 2.23. The van der Waals surface area contributed by atoms with Crippen molar-refractivity contribution in [3.63, 3.8) is 0 Å². The third-order valence-electron chi connectivity index (χ3n) is 3.87. The van der Waals surface area contributed by atoms with E-state index >= 15 is 0 Å². The van der Waals surface area contributed by atoms with Crippen molar-refractivity contribution in [2.75, 3.05) is 18.4 Å². The fourth-order valence-electron chi connectivity index (χ4n) is 2.91. The Labute approximate surface area is 121 Å². The Hall–Kier alpha value is -1.58. The molecular weight excluding hydrogens is 250 g/mol. The minimum absolute atomic E-state index is 0.0860. The van der Waals surface area contributed by atoms with Gasteiger partial charge in [-0.2, -0.15) is 0 Å². The number of rotatable bonds is 5. The van der Waals surface area contributed by atoms with Crippen LogP contribution in [0.5, 0.6) is 0 Å². The summed E-state index contributed by atoms with van der Waals surface area (Å²) in [5.41, 5.74) is 1.53. The molecule has 1 aliphatic heterocycles. The number of likely N-dealkylation sites (tertiary alicyclic amines) is 1. The van der Waals surface area contributed by atoms with Crippen molar-refractivity contribution in [2.24, 2.45) is 0 Å². The van der Waals surface area contributed by atoms with Crippen LogP contribution in [0, 0.1) is 0 Å². The van der Waals surface area contributed by atoms with Crippen molar-refractivity contribution in [1.82, 2.24) is 9.88 Å². The Morgan fingerprint density at radius 3 is 3.05 bits per heavy atom. The Morgan fingerprint density at radius 2 is 2.30 bits per heavy atom. The first kappa shape index (κ1) is 14.8. The second kappa shape index (κ2) is 7.27. The molecule has 1 fully saturated rings. The fourth-order valence-corrected chi connectivity index (χ4v) is 2.91. The lowest BCUT2D eigenvalue weighted by molar-refractivity contribution is 0.0594. The predicted octanol–water partition coefficient (Wildman–Crippen LogP) is 3.31. The van der Waals surface area contributed by atoms with Gasteiger partial charge in [-0.1, -0.05) is 13.3 Å². The highest BCUT2D eigenvalue weighted by atomic mass is 16.2. The van der Waals surface area contributed by atoms with E-state index < -0.39 is 0 Å². The number of pyridine rings is 1. The van der Waals surface area contributed by atoms with Gasteiger partial charge in [0.05, 0.1) is 0 Å². The number of amides is 1. The van der Waals surface area contributed by atoms with Crippen molar-refractivity contribution in [3.8, 4) is 0 Å². The lowest BCUT2D eigenvalue weighted by Gasteiger charge is -2.35. The summed E-state index contributed by atoms with van der Waals surface area (Å²) in [6.45, 7) is 5.95. The minimum Gasteiger partial charge on any atom is -0.385 e. The van der Waals surface area contributed by atoms with Crippen molar-refractivity contribution >= 4 is 11.6 Å². The zero-order valence-corrected chi connectivity index (χ0v) is 12.6. The van der Waals surface area contributed by atoms with Crippen molar-refractivity contribution in [2.45, 2.75) is 52.0 Å². The SMILES string of the molecule is CCCC1CCCCN1C(=O)c1cc(NCC)ccn1. The van der Waals surface area contributed by atoms with E-state index in [9.17, 15) is 4.79 Å². The van der Waals surface area contributed by atoms with E-state index in [0.717, 1.165) is 44.5 Å². The molecule has 0 bridgehead atoms. The molecule has 110 valence electrons. The highest BCUT2D eigenvalue weighted by molar-refractivity contribution is 5.93. The molecule has 1 aromatic heterocycles. The number of aromatic nitrogens is 1. The number of piperidine rings is 1. The molecule has 20 heavy (non-hydrogen) atoms. The molecule has 2 heterocycles. The Kier molecular flexibility index (Phi) is 5.39. The zero-order chi connectivity index (χ0) is 14.4. The molecule has 0 aliphatic carbocycles. The van der Waals surface area contributed by atoms with Gasteiger partial charge in [0, 0.05) is 31.0 Å². The molecule has 1 N–H and O–H groups in total. The van der Waals surface area contributed by atoms with Gasteiger partial charge in [-0.25, -0.2) is 0 Å². The molecule has 1 saturated heterocycles. The normalized spacial score (nSPS) is 18.9. The predicted molar refractivity (Wildman–Crippen MR) is 82.0 cm³/mol. The number of nitrogens with one attached hydrogen (secondary N) is 1. The zero-order valence-electron chi connectivity index (χ0n) is 12.6. The smallest absolute Gasteiger partial charge is 0.272 e. The highest BCUT2D eigenvalue weighted by Gasteiger charge is 2.27. The third-order valence-corrected chi connectivity index (χ3v) is 3.87. The maximum atomic E-state index is 12.7. The average molecular weight is 275 g/mol. The molecule has 0 aromatic carbocycles. The molecule has 0 saturated carbocycles. The van der Waals surface area contributed by atoms with Crippen molar-refractivity contribution in [3.05, 3.63) is 24.0 Å². The van der Waals surface area contributed by atoms with Crippen LogP contribution in [0.2, 0.25) is 0 Å². The van der Waals surface area contributed by atoms with E-state index in [1.54, 1.807) is 6.20 Å². The number of hydrogen-bond donors (Lipinski definition) is 1. The van der Waals surface area contributed by atoms with E-state index in [2.05, 4.69) is 17.2 Å². The Balaban J connectivity index is 2.13. The van der Waals surface area contributed by atoms with Crippen LogP contribution in [0.15, 0.2) is 18.3 Å². The number of carbonyl (C=O) groups is 1. The molecule has 0 radical (unpaired) electrons. The summed E-state index contributed by atoms with van der Waals surface area (Å²) >= 11 is 0. The molecule has 0 spiro atoms. The largest absolute Gasteiger partial charge is 0.385 e. The molecule has 4 heteroatoms. The van der Waals surface area contributed by atoms with Gasteiger partial charge >= 0.3 is 0 Å². The maximum absolute atomic E-state index is 12.7. The summed E-state index contributed by atoms with van der Waals surface area (Å²) in [5, 5.41) is 3.23. The summed E-state index contributed by atoms with van der Waals surface area (Å²) in [6, 6.07) is 4.16. The van der Waals surface area contributed by atoms with Crippen LogP contribution < -0.4 is 5.32 Å². The topological polar surface area (TPSA) is 45.2 Å². The Morgan fingerprint density at radius 1 is 1.45 bits per heavy atom. The first-order valence-corrected chi connectivity index (χ1v) is 7.77. The van der Waals surface area contributed by atoms with Gasteiger partial charge < -0.3 is 10.2 Å². The quantitative estimate of drug-likeness (QED) is 0.896. The summed E-state index contributed by atoms with van der Waals surface area (Å²) in [4.78, 5) is 19.0. The standard InChI is InChI=1S/C16H25N3O/c1-3-7-14-8-5-6-11-19(14)16(20)15-12-13(17-4-2)9-10-18-15/h9-10,12,14H,3-8,11H2,1-2H3,(H,17,18). The van der Waals surface area contributed by atoms with Gasteiger partial charge in [-0.3, -0.25) is 9.78 Å². The lowest BCUT2D eigenvalue weighted by Crippen LogP contribution is -2.43. The fraction of sp³-hybridized carbons (Fsp3) is 0.625. The van der Waals surface area contributed by atoms with Crippen molar-refractivity contribution in [1.29, 1.82) is 0 Å². The van der Waals surface area contributed by atoms with Crippen LogP contribution in [0.3, 0.4) is 0 Å². The first-order valence-electron chi connectivity index (χ1n) is 7.77. The van der Waals surface area contributed by atoms with Gasteiger partial charge in [0.25, 0.3) is 5.91 Å². The molecule has 1 aliphatic rings. The molecule has 1 amide bonds. The van der Waals surface area contributed by atoms with Gasteiger partial charge in [0.1, 0.15) is 5.69 Å². The average Bonchev–Trinajstić information content (AvgIpc) is 2.48. The van der Waals surface area contributed by atoms with E-state index in [4.69, 9.17) is 0 Å². The Bertz CT molecular complexity index is 445. The van der Waals surface area contributed by atoms with Gasteiger partial charge in [-0.05, 0) is 44.7 Å². The lowest BCUT2D eigenvalue weighted by atomic mass is 9.98. The maximum Gasteiger partial charge on any atom is 0.272 e. The van der Waals surface area contributed by atoms with Crippen LogP contribution in [-0.2, 0) is 0 Å². The molecule has 1 aromatic rings. The molecular formula is C16H25N3O. The van der Waals surface area contributed by atoms with Gasteiger partial charge in [0.2, 0.25) is 0 Å². The van der Waals surface area contributed by atoms with E-state index in [1.807, 2.05) is 24.0 Å². The van der Waals surface area contributed by atoms with Gasteiger partial charge in [0.15, 0.2) is 0 Å². The number of carbonyl (C=O) groups excluding carboxylic acids is 1. The number of nitrogens with zero attached hydrogens (tertiary/aromatic N) is 2. The van der Waals surface area contributed by atoms with E-state index in [0.29, 0.717) is 11.7 Å². The molecule has 2 rings (SSSR count). The van der Waals surface area contributed by atoms with E-state index in [-0.39, 0.29) is 5.91 Å². The number of hydrogen-bond acceptors (Lipinski definition) is 3. The second-order valence-corrected chi connectivity index (χ2v) is 5.40. The summed E-state index contributed by atoms with van der Waals surface area (Å²) in [6.07, 6.45) is 7.41. The minimum atomic E-state index is 0.0860. The van der Waals surface area contributed by atoms with Crippen molar-refractivity contribution < 1.29 is 4.79 Å². The van der Waals surface area contributed by atoms with Crippen LogP contribution in [-0.4, -0.2) is 34.9 Å². The van der Waals surface area contributed by atoms with Crippen LogP contribution in [0.4, 0.5) is 5.69 Å². The third kappa shape index (κ3) is 3.50. The summed E-state index contributed by atoms with van der Waals surface area (Å²) in [5.74, 6) is 0.0860. The van der Waals surface area contributed by atoms with Gasteiger partial charge in [-0.15, -0.1) is 0 Å². The van der Waals surface area contributed by atoms with Crippen LogP contribution in [0.1, 0.15) is 56.4 Å². The monoisotopic (exact) mass is 275 g/mol. The molecule has 1 atom stereocenters.